The molecule has 0 aliphatic heterocycles. The molecule has 0 aromatic heterocycles. The van der Waals surface area contributed by atoms with Crippen molar-refractivity contribution in [3.8, 4) is 12.1 Å². The van der Waals surface area contributed by atoms with Crippen molar-refractivity contribution in [1.82, 2.24) is 9.80 Å². The third-order valence-electron chi connectivity index (χ3n) is 2.51. The lowest BCUT2D eigenvalue weighted by Gasteiger charge is -2.25. The number of aliphatic hydroxyl groups is 1. The van der Waals surface area contributed by atoms with Crippen LogP contribution >= 0.6 is 0 Å². The molecule has 0 heterocycles. The summed E-state index contributed by atoms with van der Waals surface area (Å²) in [6.45, 7) is -0.882. The molecule has 0 fully saturated rings. The van der Waals surface area contributed by atoms with Gasteiger partial charge in [-0.15, -0.1) is 0 Å². The fraction of sp³-hybridized carbons (Fsp3) is 0.750. The molecule has 0 atom stereocenters. The summed E-state index contributed by atoms with van der Waals surface area (Å²) in [7, 11) is 0. The van der Waals surface area contributed by atoms with E-state index in [9.17, 15) is 13.6 Å². The molecule has 0 aliphatic carbocycles. The number of aliphatic hydroxyl groups excluding tert-OH is 1. The molecule has 0 spiro atoms. The highest BCUT2D eigenvalue weighted by atomic mass is 19.3. The Morgan fingerprint density at radius 2 is 1.70 bits per heavy atom. The van der Waals surface area contributed by atoms with Crippen LogP contribution in [0.3, 0.4) is 0 Å². The Balaban J connectivity index is 4.52. The molecule has 6 nitrogen and oxygen atoms in total. The third kappa shape index (κ3) is 8.35. The summed E-state index contributed by atoms with van der Waals surface area (Å²) in [5, 5.41) is 25.8. The second kappa shape index (κ2) is 11.1. The zero-order valence-electron chi connectivity index (χ0n) is 11.1. The van der Waals surface area contributed by atoms with E-state index >= 15 is 0 Å². The highest BCUT2D eigenvalue weighted by Gasteiger charge is 2.19. The number of hydrogen-bond donors (Lipinski definition) is 1. The molecular weight excluding hydrogens is 270 g/mol. The Kier molecular flexibility index (Phi) is 10.1. The van der Waals surface area contributed by atoms with Crippen LogP contribution in [0.5, 0.6) is 0 Å². The van der Waals surface area contributed by atoms with Gasteiger partial charge in [0, 0.05) is 19.6 Å². The molecule has 0 rings (SSSR count). The summed E-state index contributed by atoms with van der Waals surface area (Å²) in [5.41, 5.74) is 0. The molecule has 0 aromatic rings. The number of amides is 1. The minimum atomic E-state index is -2.60. The molecule has 20 heavy (non-hydrogen) atoms. The van der Waals surface area contributed by atoms with Crippen molar-refractivity contribution < 1.29 is 18.7 Å². The average Bonchev–Trinajstić information content (AvgIpc) is 2.38. The molecule has 0 saturated heterocycles. The quantitative estimate of drug-likeness (QED) is 0.620. The van der Waals surface area contributed by atoms with E-state index in [1.807, 2.05) is 12.1 Å². The number of nitrogens with zero attached hydrogens (tertiary/aromatic N) is 4. The maximum atomic E-state index is 12.3. The Morgan fingerprint density at radius 3 is 2.10 bits per heavy atom. The highest BCUT2D eigenvalue weighted by molar-refractivity contribution is 5.78. The zero-order chi connectivity index (χ0) is 15.4. The molecule has 0 aliphatic rings. The first-order valence-corrected chi connectivity index (χ1v) is 6.18. The molecular formula is C12H18F2N4O2. The van der Waals surface area contributed by atoms with Crippen LogP contribution in [0.2, 0.25) is 0 Å². The van der Waals surface area contributed by atoms with Gasteiger partial charge < -0.3 is 10.0 Å². The van der Waals surface area contributed by atoms with Gasteiger partial charge in [0.25, 0.3) is 6.43 Å². The number of nitriles is 2. The summed E-state index contributed by atoms with van der Waals surface area (Å²) in [4.78, 5) is 14.4. The Bertz CT molecular complexity index is 347. The van der Waals surface area contributed by atoms with Gasteiger partial charge in [-0.05, 0) is 0 Å². The van der Waals surface area contributed by atoms with E-state index < -0.39 is 18.9 Å². The number of carbonyl (C=O) groups excluding carboxylic acids is 1. The van der Waals surface area contributed by atoms with Crippen molar-refractivity contribution in [2.75, 3.05) is 39.3 Å². The van der Waals surface area contributed by atoms with E-state index in [0.29, 0.717) is 0 Å². The molecule has 8 heteroatoms. The van der Waals surface area contributed by atoms with Gasteiger partial charge in [-0.3, -0.25) is 9.69 Å². The van der Waals surface area contributed by atoms with E-state index in [0.717, 1.165) is 4.90 Å². The number of halogens is 2. The number of rotatable bonds is 10. The van der Waals surface area contributed by atoms with Crippen molar-refractivity contribution >= 4 is 5.91 Å². The van der Waals surface area contributed by atoms with Crippen molar-refractivity contribution in [2.24, 2.45) is 0 Å². The van der Waals surface area contributed by atoms with Crippen molar-refractivity contribution in [3.05, 3.63) is 0 Å². The normalized spacial score (nSPS) is 10.3. The molecule has 112 valence electrons. The predicted molar refractivity (Wildman–Crippen MR) is 66.6 cm³/mol. The van der Waals surface area contributed by atoms with Crippen LogP contribution in [0.25, 0.3) is 0 Å². The Hall–Kier alpha value is -1.77. The van der Waals surface area contributed by atoms with Gasteiger partial charge in [0.1, 0.15) is 0 Å². The molecule has 0 saturated carbocycles. The van der Waals surface area contributed by atoms with E-state index in [1.165, 1.54) is 4.90 Å². The van der Waals surface area contributed by atoms with Gasteiger partial charge in [0.2, 0.25) is 5.91 Å². The van der Waals surface area contributed by atoms with Gasteiger partial charge in [0.05, 0.1) is 44.7 Å². The summed E-state index contributed by atoms with van der Waals surface area (Å²) < 4.78 is 24.7. The average molecular weight is 288 g/mol. The second-order valence-corrected chi connectivity index (χ2v) is 4.05. The Labute approximate surface area is 116 Å². The van der Waals surface area contributed by atoms with Gasteiger partial charge in [0.15, 0.2) is 0 Å². The van der Waals surface area contributed by atoms with Crippen LogP contribution in [0.15, 0.2) is 0 Å². The number of alkyl halides is 2. The lowest BCUT2D eigenvalue weighted by atomic mass is 10.3. The molecule has 0 unspecified atom stereocenters. The number of carbonyl (C=O) groups is 1. The summed E-state index contributed by atoms with van der Waals surface area (Å²) in [5.74, 6) is -0.426. The molecule has 0 bridgehead atoms. The maximum Gasteiger partial charge on any atom is 0.251 e. The van der Waals surface area contributed by atoms with Crippen molar-refractivity contribution in [3.63, 3.8) is 0 Å². The zero-order valence-corrected chi connectivity index (χ0v) is 11.1. The molecule has 0 aromatic carbocycles. The van der Waals surface area contributed by atoms with Crippen LogP contribution in [-0.4, -0.2) is 66.6 Å². The predicted octanol–water partition coefficient (Wildman–Crippen LogP) is 0.202. The van der Waals surface area contributed by atoms with Gasteiger partial charge in [-0.25, -0.2) is 8.78 Å². The minimum Gasteiger partial charge on any atom is -0.395 e. The minimum absolute atomic E-state index is 0.0274. The van der Waals surface area contributed by atoms with E-state index in [1.54, 1.807) is 0 Å². The lowest BCUT2D eigenvalue weighted by Crippen LogP contribution is -2.43. The Morgan fingerprint density at radius 1 is 1.15 bits per heavy atom. The van der Waals surface area contributed by atoms with E-state index in [-0.39, 0.29) is 45.6 Å². The van der Waals surface area contributed by atoms with E-state index in [2.05, 4.69) is 0 Å². The van der Waals surface area contributed by atoms with Gasteiger partial charge in [-0.1, -0.05) is 0 Å². The topological polar surface area (TPSA) is 91.4 Å². The number of hydrogen-bond acceptors (Lipinski definition) is 5. The first-order valence-electron chi connectivity index (χ1n) is 6.18. The van der Waals surface area contributed by atoms with E-state index in [4.69, 9.17) is 15.6 Å². The lowest BCUT2D eigenvalue weighted by molar-refractivity contribution is -0.132. The monoisotopic (exact) mass is 288 g/mol. The van der Waals surface area contributed by atoms with Crippen molar-refractivity contribution in [2.45, 2.75) is 19.3 Å². The van der Waals surface area contributed by atoms with Crippen LogP contribution < -0.4 is 0 Å². The largest absolute Gasteiger partial charge is 0.395 e. The first-order chi connectivity index (χ1) is 9.54. The summed E-state index contributed by atoms with van der Waals surface area (Å²) >= 11 is 0. The fourth-order valence-corrected chi connectivity index (χ4v) is 1.59. The highest BCUT2D eigenvalue weighted by Crippen LogP contribution is 2.02. The van der Waals surface area contributed by atoms with Crippen LogP contribution in [0.1, 0.15) is 12.8 Å². The SMILES string of the molecule is N#CCCN(CCC#N)C(=O)CN(CCO)CC(F)F. The van der Waals surface area contributed by atoms with Gasteiger partial charge >= 0.3 is 0 Å². The van der Waals surface area contributed by atoms with Crippen molar-refractivity contribution in [1.29, 1.82) is 10.5 Å². The fourth-order valence-electron chi connectivity index (χ4n) is 1.59. The molecule has 1 amide bonds. The standard InChI is InChI=1S/C12H18F2N4O2/c13-11(14)9-17(7-8-19)10-12(20)18(5-1-3-15)6-2-4-16/h11,19H,1-2,5-10H2. The second-order valence-electron chi connectivity index (χ2n) is 4.05. The van der Waals surface area contributed by atoms with Crippen LogP contribution in [0, 0.1) is 22.7 Å². The summed E-state index contributed by atoms with van der Waals surface area (Å²) in [6, 6.07) is 3.78. The van der Waals surface area contributed by atoms with Gasteiger partial charge in [-0.2, -0.15) is 10.5 Å². The summed E-state index contributed by atoms with van der Waals surface area (Å²) in [6.07, 6.45) is -2.36. The molecule has 0 radical (unpaired) electrons. The maximum absolute atomic E-state index is 12.3. The smallest absolute Gasteiger partial charge is 0.251 e. The first kappa shape index (κ1) is 18.2. The third-order valence-corrected chi connectivity index (χ3v) is 2.51. The molecule has 1 N–H and O–H groups in total. The van der Waals surface area contributed by atoms with Crippen LogP contribution in [0.4, 0.5) is 8.78 Å². The van der Waals surface area contributed by atoms with Crippen LogP contribution in [-0.2, 0) is 4.79 Å².